The lowest BCUT2D eigenvalue weighted by Crippen LogP contribution is -2.40. The Morgan fingerprint density at radius 3 is 2.68 bits per heavy atom. The number of aromatic nitrogens is 4. The van der Waals surface area contributed by atoms with Crippen molar-refractivity contribution >= 4 is 28.3 Å². The number of nitrogen functional groups attached to an aromatic ring is 1. The Bertz CT molecular complexity index is 1450. The highest BCUT2D eigenvalue weighted by Gasteiger charge is 2.51. The van der Waals surface area contributed by atoms with Gasteiger partial charge >= 0.3 is 6.18 Å². The molecule has 1 amide bonds. The van der Waals surface area contributed by atoms with Crippen molar-refractivity contribution < 1.29 is 22.4 Å². The van der Waals surface area contributed by atoms with Gasteiger partial charge in [-0.15, -0.1) is 0 Å². The maximum atomic E-state index is 15.1. The maximum absolute atomic E-state index is 15.1. The van der Waals surface area contributed by atoms with Crippen molar-refractivity contribution in [3.8, 4) is 0 Å². The van der Waals surface area contributed by atoms with Crippen LogP contribution in [-0.4, -0.2) is 36.2 Å². The number of piperidine rings is 1. The van der Waals surface area contributed by atoms with Crippen LogP contribution in [0.4, 0.5) is 23.4 Å². The molecule has 11 heteroatoms. The van der Waals surface area contributed by atoms with Crippen LogP contribution in [0.3, 0.4) is 0 Å². The number of likely N-dealkylation sites (tertiary alicyclic amines) is 1. The first kappa shape index (κ1) is 20.8. The molecule has 1 aliphatic carbocycles. The second-order valence-electron chi connectivity index (χ2n) is 8.80. The summed E-state index contributed by atoms with van der Waals surface area (Å²) in [6.07, 6.45) is 1.47. The van der Waals surface area contributed by atoms with Crippen molar-refractivity contribution in [1.82, 2.24) is 24.3 Å². The van der Waals surface area contributed by atoms with E-state index in [2.05, 4.69) is 15.0 Å². The number of carbonyl (C=O) groups is 1. The van der Waals surface area contributed by atoms with E-state index in [4.69, 9.17) is 5.73 Å². The van der Waals surface area contributed by atoms with Crippen LogP contribution in [0.1, 0.15) is 46.9 Å². The number of benzene rings is 1. The number of fused-ring (bicyclic) bond motifs is 4. The molecule has 6 rings (SSSR count). The van der Waals surface area contributed by atoms with Gasteiger partial charge in [-0.2, -0.15) is 13.2 Å². The number of nitrogens with two attached hydrogens (primary N) is 1. The van der Waals surface area contributed by atoms with Gasteiger partial charge in [-0.05, 0) is 43.4 Å². The molecule has 1 saturated carbocycles. The quantitative estimate of drug-likeness (QED) is 0.439. The second-order valence-corrected chi connectivity index (χ2v) is 8.80. The van der Waals surface area contributed by atoms with Crippen LogP contribution in [0.5, 0.6) is 0 Å². The number of anilines is 1. The van der Waals surface area contributed by atoms with Gasteiger partial charge in [0.15, 0.2) is 0 Å². The van der Waals surface area contributed by atoms with Crippen molar-refractivity contribution in [3.63, 3.8) is 0 Å². The maximum Gasteiger partial charge on any atom is 0.417 e. The molecule has 174 valence electrons. The van der Waals surface area contributed by atoms with Crippen LogP contribution >= 0.6 is 0 Å². The number of nitrogens with zero attached hydrogens (tertiary/aromatic N) is 5. The van der Waals surface area contributed by atoms with E-state index in [9.17, 15) is 18.0 Å². The molecule has 0 radical (unpaired) electrons. The summed E-state index contributed by atoms with van der Waals surface area (Å²) in [6, 6.07) is 4.23. The van der Waals surface area contributed by atoms with Gasteiger partial charge in [0.2, 0.25) is 0 Å². The SMILES string of the molecule is Nc1nc2cc(F)c(C(=O)N3[C@@H](c4ccc(C(F)(F)F)cn4)CC[C@@H]4C[C@@H]43)cc2n2cncc12. The van der Waals surface area contributed by atoms with E-state index in [0.717, 1.165) is 31.2 Å². The predicted octanol–water partition coefficient (Wildman–Crippen LogP) is 4.38. The van der Waals surface area contributed by atoms with Gasteiger partial charge in [0.1, 0.15) is 17.2 Å². The number of hydrogen-bond donors (Lipinski definition) is 1. The molecule has 34 heavy (non-hydrogen) atoms. The third-order valence-electron chi connectivity index (χ3n) is 6.77. The Kier molecular flexibility index (Phi) is 4.36. The molecule has 0 bridgehead atoms. The molecule has 7 nitrogen and oxygen atoms in total. The van der Waals surface area contributed by atoms with Crippen LogP contribution in [0, 0.1) is 11.7 Å². The van der Waals surface area contributed by atoms with Crippen molar-refractivity contribution in [2.45, 2.75) is 37.5 Å². The summed E-state index contributed by atoms with van der Waals surface area (Å²) >= 11 is 0. The molecule has 4 aromatic rings. The van der Waals surface area contributed by atoms with Crippen molar-refractivity contribution in [1.29, 1.82) is 0 Å². The first-order valence-electron chi connectivity index (χ1n) is 10.8. The largest absolute Gasteiger partial charge is 0.417 e. The fraction of sp³-hybridized carbons (Fsp3) is 0.304. The van der Waals surface area contributed by atoms with Crippen molar-refractivity contribution in [2.75, 3.05) is 5.73 Å². The summed E-state index contributed by atoms with van der Waals surface area (Å²) in [4.78, 5) is 27.5. The normalized spacial score (nSPS) is 22.2. The average Bonchev–Trinajstić information content (AvgIpc) is 3.42. The molecular formula is C23H18F4N6O. The Hall–Kier alpha value is -3.76. The van der Waals surface area contributed by atoms with Crippen molar-refractivity contribution in [2.24, 2.45) is 5.92 Å². The van der Waals surface area contributed by atoms with E-state index < -0.39 is 29.5 Å². The average molecular weight is 470 g/mol. The number of pyridine rings is 1. The zero-order valence-electron chi connectivity index (χ0n) is 17.6. The van der Waals surface area contributed by atoms with Gasteiger partial charge in [-0.3, -0.25) is 14.2 Å². The third kappa shape index (κ3) is 3.17. The lowest BCUT2D eigenvalue weighted by atomic mass is 9.97. The summed E-state index contributed by atoms with van der Waals surface area (Å²) in [6.45, 7) is 0. The molecule has 2 fully saturated rings. The number of imidazole rings is 1. The van der Waals surface area contributed by atoms with E-state index in [1.165, 1.54) is 24.7 Å². The minimum atomic E-state index is -4.50. The van der Waals surface area contributed by atoms with Gasteiger partial charge in [-0.1, -0.05) is 0 Å². The molecule has 1 aliphatic heterocycles. The zero-order valence-corrected chi connectivity index (χ0v) is 17.6. The highest BCUT2D eigenvalue weighted by Crippen LogP contribution is 2.50. The zero-order chi connectivity index (χ0) is 23.8. The van der Waals surface area contributed by atoms with E-state index in [-0.39, 0.29) is 22.9 Å². The third-order valence-corrected chi connectivity index (χ3v) is 6.77. The molecule has 3 aromatic heterocycles. The Morgan fingerprint density at radius 1 is 1.12 bits per heavy atom. The fourth-order valence-corrected chi connectivity index (χ4v) is 4.98. The number of carbonyl (C=O) groups excluding carboxylic acids is 1. The lowest BCUT2D eigenvalue weighted by molar-refractivity contribution is -0.137. The molecule has 1 saturated heterocycles. The van der Waals surface area contributed by atoms with Crippen LogP contribution in [0.25, 0.3) is 16.6 Å². The molecular weight excluding hydrogens is 452 g/mol. The Balaban J connectivity index is 1.42. The minimum Gasteiger partial charge on any atom is -0.382 e. The van der Waals surface area contributed by atoms with Crippen LogP contribution < -0.4 is 5.73 Å². The summed E-state index contributed by atoms with van der Waals surface area (Å²) in [5, 5.41) is 0. The Morgan fingerprint density at radius 2 is 1.94 bits per heavy atom. The Labute approximate surface area is 190 Å². The number of rotatable bonds is 2. The highest BCUT2D eigenvalue weighted by molar-refractivity contribution is 5.99. The molecule has 2 N–H and O–H groups in total. The second kappa shape index (κ2) is 7.12. The first-order valence-corrected chi connectivity index (χ1v) is 10.8. The van der Waals surface area contributed by atoms with Crippen LogP contribution in [0.15, 0.2) is 43.0 Å². The van der Waals surface area contributed by atoms with Gasteiger partial charge < -0.3 is 10.6 Å². The topological polar surface area (TPSA) is 89.4 Å². The van der Waals surface area contributed by atoms with Crippen molar-refractivity contribution in [3.05, 3.63) is 65.6 Å². The van der Waals surface area contributed by atoms with E-state index in [1.54, 1.807) is 9.30 Å². The molecule has 0 unspecified atom stereocenters. The van der Waals surface area contributed by atoms with Gasteiger partial charge in [-0.25, -0.2) is 14.4 Å². The summed E-state index contributed by atoms with van der Waals surface area (Å²) in [7, 11) is 0. The highest BCUT2D eigenvalue weighted by atomic mass is 19.4. The van der Waals surface area contributed by atoms with Crippen LogP contribution in [-0.2, 0) is 6.18 Å². The monoisotopic (exact) mass is 470 g/mol. The summed E-state index contributed by atoms with van der Waals surface area (Å²) in [5.74, 6) is -0.775. The molecule has 4 heterocycles. The van der Waals surface area contributed by atoms with E-state index in [1.807, 2.05) is 0 Å². The fourth-order valence-electron chi connectivity index (χ4n) is 4.98. The van der Waals surface area contributed by atoms with Crippen LogP contribution in [0.2, 0.25) is 0 Å². The standard InChI is InChI=1S/C23H18F4N6O/c24-14-7-16-19(32-10-29-9-20(32)21(28)31-16)6-13(14)22(34)33-17(4-1-11-5-18(11)33)15-3-2-12(8-30-15)23(25,26)27/h2-3,6-11,17-18H,1,4-5H2,(H2,28,31)/t11-,17-,18+/m1/s1. The number of hydrogen-bond acceptors (Lipinski definition) is 5. The van der Waals surface area contributed by atoms with Gasteiger partial charge in [0.05, 0.1) is 46.4 Å². The smallest absolute Gasteiger partial charge is 0.382 e. The van der Waals surface area contributed by atoms with Gasteiger partial charge in [0.25, 0.3) is 5.91 Å². The number of halogens is 4. The van der Waals surface area contributed by atoms with E-state index >= 15 is 4.39 Å². The lowest BCUT2D eigenvalue weighted by Gasteiger charge is -2.35. The van der Waals surface area contributed by atoms with Gasteiger partial charge in [0, 0.05) is 18.3 Å². The van der Waals surface area contributed by atoms with E-state index in [0.29, 0.717) is 29.1 Å². The molecule has 2 aliphatic rings. The number of amides is 1. The summed E-state index contributed by atoms with van der Waals surface area (Å²) in [5.41, 5.74) is 6.58. The predicted molar refractivity (Wildman–Crippen MR) is 114 cm³/mol. The molecule has 0 spiro atoms. The number of alkyl halides is 3. The summed E-state index contributed by atoms with van der Waals surface area (Å²) < 4.78 is 55.7. The molecule has 3 atom stereocenters. The minimum absolute atomic E-state index is 0.0942. The first-order chi connectivity index (χ1) is 16.2. The molecule has 1 aromatic carbocycles.